The zero-order valence-corrected chi connectivity index (χ0v) is 11.2. The van der Waals surface area contributed by atoms with E-state index in [0.717, 1.165) is 6.42 Å². The minimum atomic E-state index is -0.307. The number of amides is 1. The molecule has 0 aliphatic carbocycles. The first-order chi connectivity index (χ1) is 9.69. The summed E-state index contributed by atoms with van der Waals surface area (Å²) >= 11 is 0. The summed E-state index contributed by atoms with van der Waals surface area (Å²) in [7, 11) is 0. The van der Waals surface area contributed by atoms with Crippen molar-refractivity contribution in [2.75, 3.05) is 11.9 Å². The summed E-state index contributed by atoms with van der Waals surface area (Å²) in [5.41, 5.74) is 1.70. The molecular weight excluding hydrogens is 257 g/mol. The van der Waals surface area contributed by atoms with Crippen molar-refractivity contribution >= 4 is 17.3 Å². The van der Waals surface area contributed by atoms with E-state index in [1.807, 2.05) is 6.92 Å². The summed E-state index contributed by atoms with van der Waals surface area (Å²) in [6, 6.07) is 9.51. The fourth-order valence-corrected chi connectivity index (χ4v) is 1.66. The third-order valence-corrected chi connectivity index (χ3v) is 2.64. The number of nitrogens with zero attached hydrogens (tertiary/aromatic N) is 1. The Kier molecular flexibility index (Phi) is 4.65. The average Bonchev–Trinajstić information content (AvgIpc) is 2.45. The smallest absolute Gasteiger partial charge is 0.269 e. The fourth-order valence-electron chi connectivity index (χ4n) is 1.66. The molecule has 0 unspecified atom stereocenters. The van der Waals surface area contributed by atoms with Crippen molar-refractivity contribution < 1.29 is 9.18 Å². The summed E-state index contributed by atoms with van der Waals surface area (Å²) in [4.78, 5) is 15.8. The second-order valence-corrected chi connectivity index (χ2v) is 4.32. The largest absolute Gasteiger partial charge is 0.354 e. The molecule has 0 radical (unpaired) electrons. The number of rotatable bonds is 5. The zero-order chi connectivity index (χ0) is 14.4. The van der Waals surface area contributed by atoms with Crippen LogP contribution in [-0.4, -0.2) is 17.4 Å². The van der Waals surface area contributed by atoms with Crippen LogP contribution in [0.15, 0.2) is 42.6 Å². The number of aromatic nitrogens is 1. The summed E-state index contributed by atoms with van der Waals surface area (Å²) in [5, 5.41) is 5.77. The van der Waals surface area contributed by atoms with Crippen molar-refractivity contribution in [3.8, 4) is 0 Å². The highest BCUT2D eigenvalue weighted by Crippen LogP contribution is 2.16. The van der Waals surface area contributed by atoms with Crippen LogP contribution in [0.2, 0.25) is 0 Å². The number of hydrogen-bond acceptors (Lipinski definition) is 3. The molecule has 2 rings (SSSR count). The second kappa shape index (κ2) is 6.65. The topological polar surface area (TPSA) is 54.0 Å². The minimum absolute atomic E-state index is 0.191. The summed E-state index contributed by atoms with van der Waals surface area (Å²) in [6.45, 7) is 2.61. The molecule has 20 heavy (non-hydrogen) atoms. The number of halogens is 1. The molecule has 0 bridgehead atoms. The van der Waals surface area contributed by atoms with Gasteiger partial charge in [0.15, 0.2) is 0 Å². The predicted molar refractivity (Wildman–Crippen MR) is 76.5 cm³/mol. The second-order valence-electron chi connectivity index (χ2n) is 4.32. The van der Waals surface area contributed by atoms with Gasteiger partial charge in [-0.05, 0) is 36.8 Å². The van der Waals surface area contributed by atoms with Gasteiger partial charge in [-0.2, -0.15) is 0 Å². The number of carbonyl (C=O) groups excluding carboxylic acids is 1. The van der Waals surface area contributed by atoms with Crippen LogP contribution >= 0.6 is 0 Å². The van der Waals surface area contributed by atoms with Gasteiger partial charge in [-0.3, -0.25) is 4.79 Å². The summed E-state index contributed by atoms with van der Waals surface area (Å²) in [5.74, 6) is -0.498. The van der Waals surface area contributed by atoms with E-state index in [-0.39, 0.29) is 11.7 Å². The van der Waals surface area contributed by atoms with Crippen molar-refractivity contribution in [2.24, 2.45) is 0 Å². The van der Waals surface area contributed by atoms with Gasteiger partial charge in [-0.1, -0.05) is 13.0 Å². The maximum atomic E-state index is 13.0. The average molecular weight is 273 g/mol. The highest BCUT2D eigenvalue weighted by molar-refractivity contribution is 5.92. The Hall–Kier alpha value is -2.43. The van der Waals surface area contributed by atoms with E-state index in [0.29, 0.717) is 23.6 Å². The van der Waals surface area contributed by atoms with Gasteiger partial charge < -0.3 is 10.6 Å². The van der Waals surface area contributed by atoms with E-state index >= 15 is 0 Å². The number of anilines is 2. The first-order valence-corrected chi connectivity index (χ1v) is 6.46. The molecule has 0 saturated carbocycles. The number of benzene rings is 1. The third-order valence-electron chi connectivity index (χ3n) is 2.64. The van der Waals surface area contributed by atoms with Gasteiger partial charge in [-0.25, -0.2) is 9.37 Å². The zero-order valence-electron chi connectivity index (χ0n) is 11.2. The lowest BCUT2D eigenvalue weighted by Gasteiger charge is -2.07. The molecule has 1 aromatic carbocycles. The molecule has 0 spiro atoms. The molecular formula is C15H16FN3O. The molecule has 104 valence electrons. The quantitative estimate of drug-likeness (QED) is 0.880. The van der Waals surface area contributed by atoms with Crippen LogP contribution in [0.1, 0.15) is 23.8 Å². The van der Waals surface area contributed by atoms with Crippen molar-refractivity contribution in [1.29, 1.82) is 0 Å². The number of carbonyl (C=O) groups is 1. The van der Waals surface area contributed by atoms with Crippen LogP contribution in [0.4, 0.5) is 15.8 Å². The van der Waals surface area contributed by atoms with Gasteiger partial charge in [0.2, 0.25) is 0 Å². The van der Waals surface area contributed by atoms with Gasteiger partial charge in [0.25, 0.3) is 5.91 Å². The maximum Gasteiger partial charge on any atom is 0.269 e. The first kappa shape index (κ1) is 14.0. The normalized spacial score (nSPS) is 10.1. The van der Waals surface area contributed by atoms with E-state index in [2.05, 4.69) is 15.6 Å². The minimum Gasteiger partial charge on any atom is -0.354 e. The Balaban J connectivity index is 2.03. The fraction of sp³-hybridized carbons (Fsp3) is 0.200. The van der Waals surface area contributed by atoms with E-state index in [4.69, 9.17) is 0 Å². The molecule has 1 aromatic heterocycles. The molecule has 0 aliphatic heterocycles. The lowest BCUT2D eigenvalue weighted by molar-refractivity contribution is 0.0949. The summed E-state index contributed by atoms with van der Waals surface area (Å²) < 4.78 is 13.0. The highest BCUT2D eigenvalue weighted by atomic mass is 19.1. The molecule has 0 aliphatic rings. The van der Waals surface area contributed by atoms with Gasteiger partial charge in [-0.15, -0.1) is 0 Å². The summed E-state index contributed by atoms with van der Waals surface area (Å²) in [6.07, 6.45) is 2.43. The van der Waals surface area contributed by atoms with Gasteiger partial charge >= 0.3 is 0 Å². The van der Waals surface area contributed by atoms with Crippen LogP contribution in [0.5, 0.6) is 0 Å². The third kappa shape index (κ3) is 3.78. The SMILES string of the molecule is CCCNC(=O)c1ccc(Nc2cccc(F)c2)cn1. The molecule has 0 saturated heterocycles. The van der Waals surface area contributed by atoms with E-state index in [1.54, 1.807) is 30.5 Å². The van der Waals surface area contributed by atoms with Gasteiger partial charge in [0, 0.05) is 12.2 Å². The Morgan fingerprint density at radius 3 is 2.75 bits per heavy atom. The van der Waals surface area contributed by atoms with Crippen molar-refractivity contribution in [3.63, 3.8) is 0 Å². The van der Waals surface area contributed by atoms with Crippen LogP contribution in [0.25, 0.3) is 0 Å². The monoisotopic (exact) mass is 273 g/mol. The predicted octanol–water partition coefficient (Wildman–Crippen LogP) is 3.10. The van der Waals surface area contributed by atoms with Crippen molar-refractivity contribution in [1.82, 2.24) is 10.3 Å². The Morgan fingerprint density at radius 2 is 2.10 bits per heavy atom. The van der Waals surface area contributed by atoms with Gasteiger partial charge in [0.05, 0.1) is 11.9 Å². The van der Waals surface area contributed by atoms with Crippen LogP contribution in [0, 0.1) is 5.82 Å². The molecule has 1 heterocycles. The lowest BCUT2D eigenvalue weighted by Crippen LogP contribution is -2.24. The number of nitrogens with one attached hydrogen (secondary N) is 2. The standard InChI is InChI=1S/C15H16FN3O/c1-2-8-17-15(20)14-7-6-13(10-18-14)19-12-5-3-4-11(16)9-12/h3-7,9-10,19H,2,8H2,1H3,(H,17,20). The van der Waals surface area contributed by atoms with E-state index in [1.165, 1.54) is 12.1 Å². The molecule has 0 atom stereocenters. The van der Waals surface area contributed by atoms with Crippen molar-refractivity contribution in [3.05, 3.63) is 54.1 Å². The number of hydrogen-bond donors (Lipinski definition) is 2. The molecule has 0 fully saturated rings. The van der Waals surface area contributed by atoms with Crippen LogP contribution in [-0.2, 0) is 0 Å². The van der Waals surface area contributed by atoms with Crippen LogP contribution < -0.4 is 10.6 Å². The maximum absolute atomic E-state index is 13.0. The molecule has 5 heteroatoms. The first-order valence-electron chi connectivity index (χ1n) is 6.46. The highest BCUT2D eigenvalue weighted by Gasteiger charge is 2.05. The molecule has 2 aromatic rings. The van der Waals surface area contributed by atoms with Crippen molar-refractivity contribution in [2.45, 2.75) is 13.3 Å². The van der Waals surface area contributed by atoms with E-state index < -0.39 is 0 Å². The Labute approximate surface area is 117 Å². The Bertz CT molecular complexity index is 584. The number of pyridine rings is 1. The van der Waals surface area contributed by atoms with Crippen LogP contribution in [0.3, 0.4) is 0 Å². The molecule has 2 N–H and O–H groups in total. The lowest BCUT2D eigenvalue weighted by atomic mass is 10.2. The van der Waals surface area contributed by atoms with E-state index in [9.17, 15) is 9.18 Å². The Morgan fingerprint density at radius 1 is 1.25 bits per heavy atom. The van der Waals surface area contributed by atoms with Gasteiger partial charge in [0.1, 0.15) is 11.5 Å². The molecule has 4 nitrogen and oxygen atoms in total. The molecule has 1 amide bonds.